The van der Waals surface area contributed by atoms with Gasteiger partial charge in [0.25, 0.3) is 0 Å². The third-order valence-corrected chi connectivity index (χ3v) is 2.09. The summed E-state index contributed by atoms with van der Waals surface area (Å²) in [6.45, 7) is 0. The first kappa shape index (κ1) is 10.3. The van der Waals surface area contributed by atoms with Crippen LogP contribution in [0.5, 0.6) is 5.75 Å². The van der Waals surface area contributed by atoms with Gasteiger partial charge in [-0.3, -0.25) is 0 Å². The van der Waals surface area contributed by atoms with E-state index in [1.54, 1.807) is 36.4 Å². The summed E-state index contributed by atoms with van der Waals surface area (Å²) < 4.78 is 12.6. The Labute approximate surface area is 93.2 Å². The molecule has 78 valence electrons. The number of phenols is 1. The molecule has 2 aromatic rings. The van der Waals surface area contributed by atoms with Crippen LogP contribution in [0.1, 0.15) is 11.1 Å². The quantitative estimate of drug-likeness (QED) is 0.666. The lowest BCUT2D eigenvalue weighted by molar-refractivity contribution is 0.473. The molecule has 1 N–H and O–H groups in total. The highest BCUT2D eigenvalue weighted by Gasteiger charge is 1.93. The van der Waals surface area contributed by atoms with Gasteiger partial charge in [0.15, 0.2) is 0 Å². The second kappa shape index (κ2) is 4.50. The lowest BCUT2D eigenvalue weighted by Crippen LogP contribution is -1.78. The van der Waals surface area contributed by atoms with Crippen LogP contribution in [0.4, 0.5) is 4.39 Å². The average Bonchev–Trinajstić information content (AvgIpc) is 2.30. The van der Waals surface area contributed by atoms with Crippen LogP contribution in [-0.4, -0.2) is 5.11 Å². The topological polar surface area (TPSA) is 20.2 Å². The Balaban J connectivity index is 2.29. The van der Waals surface area contributed by atoms with E-state index < -0.39 is 0 Å². The predicted molar refractivity (Wildman–Crippen MR) is 60.5 cm³/mol. The van der Waals surface area contributed by atoms with Gasteiger partial charge in [0, 0.05) is 5.56 Å². The lowest BCUT2D eigenvalue weighted by Gasteiger charge is -1.94. The highest BCUT2D eigenvalue weighted by molar-refractivity contribution is 5.48. The number of para-hydroxylation sites is 1. The second-order valence-electron chi connectivity index (χ2n) is 3.27. The molecule has 2 aromatic carbocycles. The molecule has 0 aliphatic heterocycles. The van der Waals surface area contributed by atoms with Crippen molar-refractivity contribution in [3.05, 3.63) is 65.5 Å². The fraction of sp³-hybridized carbons (Fsp3) is 0. The molecule has 0 heterocycles. The standard InChI is InChI=1S/C14H9FO/c15-13-9-6-11(7-10-13)5-8-12-3-1-2-4-14(12)16/h1-4,6-7,9-10,16H. The van der Waals surface area contributed by atoms with E-state index in [2.05, 4.69) is 11.8 Å². The molecular weight excluding hydrogens is 203 g/mol. The van der Waals surface area contributed by atoms with Gasteiger partial charge in [0.05, 0.1) is 5.56 Å². The average molecular weight is 212 g/mol. The van der Waals surface area contributed by atoms with E-state index in [1.165, 1.54) is 12.1 Å². The molecule has 16 heavy (non-hydrogen) atoms. The molecular formula is C14H9FO. The van der Waals surface area contributed by atoms with Crippen LogP contribution in [0.25, 0.3) is 0 Å². The van der Waals surface area contributed by atoms with E-state index in [9.17, 15) is 9.50 Å². The van der Waals surface area contributed by atoms with Crippen molar-refractivity contribution in [1.29, 1.82) is 0 Å². The van der Waals surface area contributed by atoms with Crippen LogP contribution in [0, 0.1) is 17.7 Å². The van der Waals surface area contributed by atoms with Crippen molar-refractivity contribution in [3.63, 3.8) is 0 Å². The summed E-state index contributed by atoms with van der Waals surface area (Å²) in [6.07, 6.45) is 0. The van der Waals surface area contributed by atoms with Gasteiger partial charge in [0.2, 0.25) is 0 Å². The third kappa shape index (κ3) is 2.40. The van der Waals surface area contributed by atoms with Gasteiger partial charge < -0.3 is 5.11 Å². The molecule has 0 unspecified atom stereocenters. The minimum Gasteiger partial charge on any atom is -0.507 e. The first-order valence-corrected chi connectivity index (χ1v) is 4.81. The normalized spacial score (nSPS) is 9.31. The molecule has 1 nitrogen and oxygen atoms in total. The molecule has 0 radical (unpaired) electrons. The van der Waals surface area contributed by atoms with E-state index in [1.807, 2.05) is 0 Å². The zero-order valence-corrected chi connectivity index (χ0v) is 8.44. The Morgan fingerprint density at radius 1 is 0.875 bits per heavy atom. The Bertz CT molecular complexity index is 547. The Hall–Kier alpha value is -2.27. The van der Waals surface area contributed by atoms with Gasteiger partial charge in [-0.1, -0.05) is 24.0 Å². The fourth-order valence-corrected chi connectivity index (χ4v) is 1.25. The predicted octanol–water partition coefficient (Wildman–Crippen LogP) is 2.93. The molecule has 2 heteroatoms. The second-order valence-corrected chi connectivity index (χ2v) is 3.27. The smallest absolute Gasteiger partial charge is 0.131 e. The summed E-state index contributed by atoms with van der Waals surface area (Å²) in [5, 5.41) is 9.47. The maximum Gasteiger partial charge on any atom is 0.131 e. The van der Waals surface area contributed by atoms with Crippen molar-refractivity contribution < 1.29 is 9.50 Å². The van der Waals surface area contributed by atoms with Gasteiger partial charge in [0.1, 0.15) is 11.6 Å². The van der Waals surface area contributed by atoms with Crippen LogP contribution in [0.2, 0.25) is 0 Å². The van der Waals surface area contributed by atoms with Crippen LogP contribution in [-0.2, 0) is 0 Å². The highest BCUT2D eigenvalue weighted by Crippen LogP contribution is 2.13. The van der Waals surface area contributed by atoms with E-state index in [0.29, 0.717) is 11.1 Å². The molecule has 0 amide bonds. The van der Waals surface area contributed by atoms with Crippen molar-refractivity contribution in [1.82, 2.24) is 0 Å². The van der Waals surface area contributed by atoms with Crippen molar-refractivity contribution in [2.45, 2.75) is 0 Å². The number of rotatable bonds is 0. The van der Waals surface area contributed by atoms with Gasteiger partial charge in [-0.2, -0.15) is 0 Å². The molecule has 0 fully saturated rings. The first-order valence-electron chi connectivity index (χ1n) is 4.81. The zero-order chi connectivity index (χ0) is 11.4. The lowest BCUT2D eigenvalue weighted by atomic mass is 10.1. The number of aromatic hydroxyl groups is 1. The number of hydrogen-bond donors (Lipinski definition) is 1. The summed E-state index contributed by atoms with van der Waals surface area (Å²) in [5.74, 6) is 5.54. The minimum absolute atomic E-state index is 0.150. The van der Waals surface area contributed by atoms with Crippen LogP contribution in [0.3, 0.4) is 0 Å². The van der Waals surface area contributed by atoms with Gasteiger partial charge in [-0.15, -0.1) is 0 Å². The van der Waals surface area contributed by atoms with Crippen molar-refractivity contribution >= 4 is 0 Å². The van der Waals surface area contributed by atoms with Gasteiger partial charge in [-0.25, -0.2) is 4.39 Å². The Kier molecular flexibility index (Phi) is 2.88. The summed E-state index contributed by atoms with van der Waals surface area (Å²) in [4.78, 5) is 0. The Morgan fingerprint density at radius 3 is 2.25 bits per heavy atom. The molecule has 0 saturated heterocycles. The SMILES string of the molecule is Oc1ccccc1C#Cc1ccc(F)cc1. The highest BCUT2D eigenvalue weighted by atomic mass is 19.1. The summed E-state index contributed by atoms with van der Waals surface area (Å²) in [7, 11) is 0. The van der Waals surface area contributed by atoms with Crippen LogP contribution >= 0.6 is 0 Å². The molecule has 0 bridgehead atoms. The van der Waals surface area contributed by atoms with Gasteiger partial charge in [-0.05, 0) is 36.4 Å². The van der Waals surface area contributed by atoms with E-state index in [0.717, 1.165) is 0 Å². The molecule has 0 atom stereocenters. The van der Waals surface area contributed by atoms with E-state index in [-0.39, 0.29) is 11.6 Å². The maximum atomic E-state index is 12.6. The Morgan fingerprint density at radius 2 is 1.56 bits per heavy atom. The van der Waals surface area contributed by atoms with Crippen LogP contribution < -0.4 is 0 Å². The minimum atomic E-state index is -0.284. The molecule has 0 aliphatic rings. The number of halogens is 1. The summed E-state index contributed by atoms with van der Waals surface area (Å²) >= 11 is 0. The summed E-state index contributed by atoms with van der Waals surface area (Å²) in [6, 6.07) is 12.8. The monoisotopic (exact) mass is 212 g/mol. The van der Waals surface area contributed by atoms with Crippen molar-refractivity contribution in [3.8, 4) is 17.6 Å². The molecule has 0 aliphatic carbocycles. The number of hydrogen-bond acceptors (Lipinski definition) is 1. The molecule has 0 aromatic heterocycles. The third-order valence-electron chi connectivity index (χ3n) is 2.09. The number of phenolic OH excluding ortho intramolecular Hbond substituents is 1. The van der Waals surface area contributed by atoms with E-state index >= 15 is 0 Å². The molecule has 2 rings (SSSR count). The largest absolute Gasteiger partial charge is 0.507 e. The van der Waals surface area contributed by atoms with Crippen LogP contribution in [0.15, 0.2) is 48.5 Å². The number of benzene rings is 2. The molecule has 0 saturated carbocycles. The zero-order valence-electron chi connectivity index (χ0n) is 8.44. The van der Waals surface area contributed by atoms with Gasteiger partial charge >= 0.3 is 0 Å². The summed E-state index contributed by atoms with van der Waals surface area (Å²) in [5.41, 5.74) is 1.27. The molecule has 0 spiro atoms. The first-order chi connectivity index (χ1) is 7.75. The maximum absolute atomic E-state index is 12.6. The van der Waals surface area contributed by atoms with Crippen molar-refractivity contribution in [2.24, 2.45) is 0 Å². The van der Waals surface area contributed by atoms with Crippen molar-refractivity contribution in [2.75, 3.05) is 0 Å². The van der Waals surface area contributed by atoms with E-state index in [4.69, 9.17) is 0 Å². The fourth-order valence-electron chi connectivity index (χ4n) is 1.25.